The van der Waals surface area contributed by atoms with E-state index in [0.717, 1.165) is 25.3 Å². The van der Waals surface area contributed by atoms with Gasteiger partial charge in [0.05, 0.1) is 0 Å². The molecule has 1 aromatic rings. The third-order valence-corrected chi connectivity index (χ3v) is 5.09. The van der Waals surface area contributed by atoms with Crippen molar-refractivity contribution in [1.82, 2.24) is 4.72 Å². The van der Waals surface area contributed by atoms with E-state index < -0.39 is 15.8 Å². The van der Waals surface area contributed by atoms with E-state index in [0.29, 0.717) is 10.4 Å². The largest absolute Gasteiger partial charge is 0.243 e. The molecule has 100 valence electrons. The summed E-state index contributed by atoms with van der Waals surface area (Å²) in [7, 11) is -3.74. The predicted molar refractivity (Wildman–Crippen MR) is 71.2 cm³/mol. The summed E-state index contributed by atoms with van der Waals surface area (Å²) in [6.07, 6.45) is 2.90. The van der Waals surface area contributed by atoms with Crippen LogP contribution in [0, 0.1) is 11.7 Å². The molecule has 2 unspecified atom stereocenters. The van der Waals surface area contributed by atoms with E-state index in [1.54, 1.807) is 0 Å². The quantitative estimate of drug-likeness (QED) is 0.898. The van der Waals surface area contributed by atoms with Gasteiger partial charge in [0, 0.05) is 10.5 Å². The monoisotopic (exact) mass is 335 g/mol. The fourth-order valence-electron chi connectivity index (χ4n) is 2.04. The van der Waals surface area contributed by atoms with Gasteiger partial charge in [-0.3, -0.25) is 0 Å². The van der Waals surface area contributed by atoms with Gasteiger partial charge in [0.2, 0.25) is 10.0 Å². The summed E-state index contributed by atoms with van der Waals surface area (Å²) < 4.78 is 40.7. The summed E-state index contributed by atoms with van der Waals surface area (Å²) in [5, 5.41) is 0. The number of hydrogen-bond acceptors (Lipinski definition) is 2. The Hall–Kier alpha value is -0.460. The number of benzene rings is 1. The summed E-state index contributed by atoms with van der Waals surface area (Å²) in [6, 6.07) is 3.93. The first-order chi connectivity index (χ1) is 8.44. The topological polar surface area (TPSA) is 46.2 Å². The highest BCUT2D eigenvalue weighted by Crippen LogP contribution is 2.35. The van der Waals surface area contributed by atoms with E-state index in [4.69, 9.17) is 0 Å². The molecule has 0 aromatic heterocycles. The van der Waals surface area contributed by atoms with Crippen molar-refractivity contribution in [3.63, 3.8) is 0 Å². The van der Waals surface area contributed by atoms with Gasteiger partial charge in [-0.15, -0.1) is 0 Å². The number of sulfonamides is 1. The molecule has 0 heterocycles. The van der Waals surface area contributed by atoms with Gasteiger partial charge in [0.1, 0.15) is 10.7 Å². The second-order valence-electron chi connectivity index (χ2n) is 4.59. The van der Waals surface area contributed by atoms with Crippen LogP contribution in [0.4, 0.5) is 4.39 Å². The molecule has 18 heavy (non-hydrogen) atoms. The minimum Gasteiger partial charge on any atom is -0.208 e. The zero-order chi connectivity index (χ0) is 13.3. The third kappa shape index (κ3) is 3.10. The van der Waals surface area contributed by atoms with Crippen LogP contribution in [-0.4, -0.2) is 14.5 Å². The van der Waals surface area contributed by atoms with Crippen LogP contribution in [-0.2, 0) is 10.0 Å². The normalized spacial score (nSPS) is 23.1. The van der Waals surface area contributed by atoms with Gasteiger partial charge < -0.3 is 0 Å². The van der Waals surface area contributed by atoms with Crippen molar-refractivity contribution in [2.45, 2.75) is 37.1 Å². The van der Waals surface area contributed by atoms with Crippen molar-refractivity contribution in [3.8, 4) is 0 Å². The molecule has 1 aromatic carbocycles. The Balaban J connectivity index is 2.12. The molecule has 0 amide bonds. The molecule has 0 spiro atoms. The van der Waals surface area contributed by atoms with E-state index in [1.807, 2.05) is 0 Å². The average molecular weight is 336 g/mol. The Labute approximate surface area is 115 Å². The van der Waals surface area contributed by atoms with Gasteiger partial charge in [0.25, 0.3) is 0 Å². The highest BCUT2D eigenvalue weighted by Gasteiger charge is 2.39. The number of halogens is 2. The van der Waals surface area contributed by atoms with Gasteiger partial charge >= 0.3 is 0 Å². The second-order valence-corrected chi connectivity index (χ2v) is 7.19. The van der Waals surface area contributed by atoms with Gasteiger partial charge in [-0.1, -0.05) is 29.3 Å². The highest BCUT2D eigenvalue weighted by atomic mass is 79.9. The molecule has 1 aliphatic rings. The van der Waals surface area contributed by atoms with E-state index >= 15 is 0 Å². The lowest BCUT2D eigenvalue weighted by Crippen LogP contribution is -2.27. The Morgan fingerprint density at radius 1 is 1.50 bits per heavy atom. The second kappa shape index (κ2) is 5.27. The van der Waals surface area contributed by atoms with Crippen LogP contribution < -0.4 is 4.72 Å². The van der Waals surface area contributed by atoms with Gasteiger partial charge in [0.15, 0.2) is 0 Å². The average Bonchev–Trinajstić information content (AvgIpc) is 2.95. The van der Waals surface area contributed by atoms with Crippen molar-refractivity contribution < 1.29 is 12.8 Å². The van der Waals surface area contributed by atoms with Crippen LogP contribution >= 0.6 is 15.9 Å². The molecule has 0 bridgehead atoms. The predicted octanol–water partition coefficient (Wildman–Crippen LogP) is 3.06. The lowest BCUT2D eigenvalue weighted by atomic mass is 10.2. The Morgan fingerprint density at radius 2 is 2.22 bits per heavy atom. The summed E-state index contributed by atoms with van der Waals surface area (Å²) in [4.78, 5) is -0.284. The van der Waals surface area contributed by atoms with Gasteiger partial charge in [-0.05, 0) is 37.0 Å². The fraction of sp³-hybridized carbons (Fsp3) is 0.500. The maximum Gasteiger partial charge on any atom is 0.243 e. The van der Waals surface area contributed by atoms with Crippen LogP contribution in [0.25, 0.3) is 0 Å². The molecule has 1 N–H and O–H groups in total. The van der Waals surface area contributed by atoms with Crippen molar-refractivity contribution in [1.29, 1.82) is 0 Å². The van der Waals surface area contributed by atoms with Gasteiger partial charge in [-0.2, -0.15) is 0 Å². The molecular weight excluding hydrogens is 321 g/mol. The molecule has 3 nitrogen and oxygen atoms in total. The standard InChI is InChI=1S/C12H15BrFNO2S/c1-2-3-8-6-11(8)15-18(16,17)12-5-4-9(13)7-10(12)14/h4-5,7-8,11,15H,2-3,6H2,1H3. The summed E-state index contributed by atoms with van der Waals surface area (Å²) in [6.45, 7) is 2.07. The Kier molecular flexibility index (Phi) is 4.08. The molecule has 2 atom stereocenters. The first kappa shape index (κ1) is 14.0. The lowest BCUT2D eigenvalue weighted by molar-refractivity contribution is 0.551. The molecular formula is C12H15BrFNO2S. The number of rotatable bonds is 5. The molecule has 1 saturated carbocycles. The molecule has 0 aliphatic heterocycles. The fourth-order valence-corrected chi connectivity index (χ4v) is 3.75. The van der Waals surface area contributed by atoms with Crippen LogP contribution in [0.2, 0.25) is 0 Å². The zero-order valence-corrected chi connectivity index (χ0v) is 12.4. The summed E-state index contributed by atoms with van der Waals surface area (Å²) >= 11 is 3.10. The molecule has 0 saturated heterocycles. The van der Waals surface area contributed by atoms with Crippen molar-refractivity contribution in [2.24, 2.45) is 5.92 Å². The smallest absolute Gasteiger partial charge is 0.208 e. The summed E-state index contributed by atoms with van der Waals surface area (Å²) in [5.41, 5.74) is 0. The zero-order valence-electron chi connectivity index (χ0n) is 9.99. The SMILES string of the molecule is CCCC1CC1NS(=O)(=O)c1ccc(Br)cc1F. The first-order valence-electron chi connectivity index (χ1n) is 5.91. The molecule has 1 aliphatic carbocycles. The van der Waals surface area contributed by atoms with Crippen molar-refractivity contribution in [3.05, 3.63) is 28.5 Å². The van der Waals surface area contributed by atoms with Crippen LogP contribution in [0.15, 0.2) is 27.6 Å². The van der Waals surface area contributed by atoms with E-state index in [-0.39, 0.29) is 10.9 Å². The van der Waals surface area contributed by atoms with E-state index in [9.17, 15) is 12.8 Å². The Bertz CT molecular complexity index is 547. The minimum atomic E-state index is -3.74. The van der Waals surface area contributed by atoms with Crippen LogP contribution in [0.3, 0.4) is 0 Å². The first-order valence-corrected chi connectivity index (χ1v) is 8.19. The van der Waals surface area contributed by atoms with E-state index in [1.165, 1.54) is 12.1 Å². The number of nitrogens with one attached hydrogen (secondary N) is 1. The maximum absolute atomic E-state index is 13.6. The molecule has 2 rings (SSSR count). The molecule has 0 radical (unpaired) electrons. The molecule has 1 fully saturated rings. The highest BCUT2D eigenvalue weighted by molar-refractivity contribution is 9.10. The Morgan fingerprint density at radius 3 is 2.83 bits per heavy atom. The van der Waals surface area contributed by atoms with Crippen molar-refractivity contribution >= 4 is 26.0 Å². The molecule has 6 heteroatoms. The van der Waals surface area contributed by atoms with Gasteiger partial charge in [-0.25, -0.2) is 17.5 Å². The third-order valence-electron chi connectivity index (χ3n) is 3.07. The minimum absolute atomic E-state index is 0.0296. The van der Waals surface area contributed by atoms with E-state index in [2.05, 4.69) is 27.6 Å². The lowest BCUT2D eigenvalue weighted by Gasteiger charge is -2.07. The summed E-state index contributed by atoms with van der Waals surface area (Å²) in [5.74, 6) is -0.326. The van der Waals surface area contributed by atoms with Crippen molar-refractivity contribution in [2.75, 3.05) is 0 Å². The van der Waals surface area contributed by atoms with Crippen LogP contribution in [0.1, 0.15) is 26.2 Å². The number of hydrogen-bond donors (Lipinski definition) is 1. The maximum atomic E-state index is 13.6. The van der Waals surface area contributed by atoms with Crippen LogP contribution in [0.5, 0.6) is 0 Å².